The molecular weight excluding hydrogens is 369 g/mol. The molecular formula is C20H29F3N4O. The van der Waals surface area contributed by atoms with E-state index in [1.165, 1.54) is 12.5 Å². The molecule has 0 radical (unpaired) electrons. The molecule has 0 aromatic carbocycles. The van der Waals surface area contributed by atoms with Gasteiger partial charge in [0.2, 0.25) is 5.91 Å². The van der Waals surface area contributed by atoms with Gasteiger partial charge in [0.15, 0.2) is 0 Å². The van der Waals surface area contributed by atoms with Crippen LogP contribution in [0.1, 0.15) is 38.7 Å². The van der Waals surface area contributed by atoms with Gasteiger partial charge < -0.3 is 10.2 Å². The number of nitrogens with zero attached hydrogens (tertiary/aromatic N) is 3. The summed E-state index contributed by atoms with van der Waals surface area (Å²) in [5, 5.41) is 3.20. The summed E-state index contributed by atoms with van der Waals surface area (Å²) in [4.78, 5) is 20.4. The summed E-state index contributed by atoms with van der Waals surface area (Å²) in [7, 11) is 0. The third-order valence-electron chi connectivity index (χ3n) is 6.19. The van der Waals surface area contributed by atoms with Crippen LogP contribution in [-0.4, -0.2) is 54.6 Å². The highest BCUT2D eigenvalue weighted by Gasteiger charge is 2.31. The molecule has 2 aliphatic rings. The van der Waals surface area contributed by atoms with Crippen molar-refractivity contribution in [2.45, 2.75) is 45.3 Å². The van der Waals surface area contributed by atoms with Gasteiger partial charge in [0.25, 0.3) is 0 Å². The number of hydrogen-bond acceptors (Lipinski definition) is 4. The Labute approximate surface area is 164 Å². The van der Waals surface area contributed by atoms with Crippen LogP contribution in [0.3, 0.4) is 0 Å². The maximum Gasteiger partial charge on any atom is 0.417 e. The molecule has 1 aliphatic heterocycles. The van der Waals surface area contributed by atoms with E-state index in [1.54, 1.807) is 0 Å². The molecule has 1 saturated heterocycles. The number of piperazine rings is 1. The lowest BCUT2D eigenvalue weighted by atomic mass is 9.78. The zero-order valence-corrected chi connectivity index (χ0v) is 16.5. The van der Waals surface area contributed by atoms with Crippen LogP contribution >= 0.6 is 0 Å². The average molecular weight is 398 g/mol. The van der Waals surface area contributed by atoms with Gasteiger partial charge in [-0.2, -0.15) is 13.2 Å². The minimum Gasteiger partial charge on any atom is -0.354 e. The number of hydrogen-bond donors (Lipinski definition) is 1. The maximum absolute atomic E-state index is 12.7. The van der Waals surface area contributed by atoms with E-state index in [0.717, 1.165) is 25.1 Å². The van der Waals surface area contributed by atoms with Crippen molar-refractivity contribution in [3.8, 4) is 0 Å². The molecule has 0 unspecified atom stereocenters. The van der Waals surface area contributed by atoms with E-state index in [-0.39, 0.29) is 11.9 Å². The fourth-order valence-corrected chi connectivity index (χ4v) is 4.12. The third-order valence-corrected chi connectivity index (χ3v) is 6.19. The predicted octanol–water partition coefficient (Wildman–Crippen LogP) is 3.16. The molecule has 1 aliphatic carbocycles. The van der Waals surface area contributed by atoms with Crippen LogP contribution in [0.4, 0.5) is 19.0 Å². The van der Waals surface area contributed by atoms with Gasteiger partial charge in [-0.3, -0.25) is 9.69 Å². The first-order valence-corrected chi connectivity index (χ1v) is 10.0. The summed E-state index contributed by atoms with van der Waals surface area (Å²) < 4.78 is 38.0. The van der Waals surface area contributed by atoms with Crippen molar-refractivity contribution in [3.05, 3.63) is 23.9 Å². The normalized spacial score (nSPS) is 26.9. The number of amides is 1. The van der Waals surface area contributed by atoms with Gasteiger partial charge in [-0.1, -0.05) is 26.7 Å². The molecule has 1 N–H and O–H groups in total. The van der Waals surface area contributed by atoms with E-state index in [1.807, 2.05) is 4.90 Å². The second-order valence-electron chi connectivity index (χ2n) is 8.11. The summed E-state index contributed by atoms with van der Waals surface area (Å²) in [6.07, 6.45) is -0.0555. The summed E-state index contributed by atoms with van der Waals surface area (Å²) in [6, 6.07) is 2.74. The lowest BCUT2D eigenvalue weighted by Gasteiger charge is -2.37. The van der Waals surface area contributed by atoms with Crippen molar-refractivity contribution >= 4 is 11.7 Å². The first-order valence-electron chi connectivity index (χ1n) is 10.0. The lowest BCUT2D eigenvalue weighted by Crippen LogP contribution is -2.52. The Bertz CT molecular complexity index is 656. The molecule has 1 aromatic heterocycles. The molecule has 2 heterocycles. The summed E-state index contributed by atoms with van der Waals surface area (Å²) >= 11 is 0. The number of halogens is 3. The number of carbonyl (C=O) groups excluding carboxylic acids is 1. The predicted molar refractivity (Wildman–Crippen MR) is 102 cm³/mol. The Morgan fingerprint density at radius 1 is 1.18 bits per heavy atom. The first-order chi connectivity index (χ1) is 13.2. The van der Waals surface area contributed by atoms with Crippen LogP contribution in [-0.2, 0) is 11.0 Å². The number of aromatic nitrogens is 1. The number of alkyl halides is 3. The van der Waals surface area contributed by atoms with Gasteiger partial charge >= 0.3 is 6.18 Å². The number of carbonyl (C=O) groups is 1. The Morgan fingerprint density at radius 3 is 2.50 bits per heavy atom. The van der Waals surface area contributed by atoms with E-state index < -0.39 is 11.7 Å². The Morgan fingerprint density at radius 2 is 1.89 bits per heavy atom. The molecule has 1 amide bonds. The Kier molecular flexibility index (Phi) is 6.47. The second kappa shape index (κ2) is 8.68. The monoisotopic (exact) mass is 398 g/mol. The van der Waals surface area contributed by atoms with Gasteiger partial charge in [0.1, 0.15) is 5.82 Å². The highest BCUT2D eigenvalue weighted by atomic mass is 19.4. The van der Waals surface area contributed by atoms with Crippen molar-refractivity contribution in [2.75, 3.05) is 37.6 Å². The van der Waals surface area contributed by atoms with Crippen LogP contribution in [0.5, 0.6) is 0 Å². The highest BCUT2D eigenvalue weighted by molar-refractivity contribution is 5.78. The smallest absolute Gasteiger partial charge is 0.354 e. The molecule has 0 spiro atoms. The van der Waals surface area contributed by atoms with Gasteiger partial charge in [-0.15, -0.1) is 0 Å². The SMILES string of the molecule is C[C@@H]1[C@H](C)CCC[C@@H]1NC(=O)CN1CCN(c2ccc(C(F)(F)F)cn2)CC1. The number of pyridine rings is 1. The van der Waals surface area contributed by atoms with E-state index in [2.05, 4.69) is 29.0 Å². The van der Waals surface area contributed by atoms with Crippen LogP contribution < -0.4 is 10.2 Å². The molecule has 8 heteroatoms. The third kappa shape index (κ3) is 5.16. The minimum atomic E-state index is -4.37. The number of rotatable bonds is 4. The zero-order valence-electron chi connectivity index (χ0n) is 16.5. The molecule has 156 valence electrons. The van der Waals surface area contributed by atoms with Crippen molar-refractivity contribution in [3.63, 3.8) is 0 Å². The number of nitrogens with one attached hydrogen (secondary N) is 1. The highest BCUT2D eigenvalue weighted by Crippen LogP contribution is 2.30. The maximum atomic E-state index is 12.7. The van der Waals surface area contributed by atoms with E-state index in [4.69, 9.17) is 0 Å². The molecule has 3 rings (SSSR count). The Hall–Kier alpha value is -1.83. The molecule has 0 bridgehead atoms. The van der Waals surface area contributed by atoms with Crippen molar-refractivity contribution in [2.24, 2.45) is 11.8 Å². The molecule has 5 nitrogen and oxygen atoms in total. The van der Waals surface area contributed by atoms with E-state index >= 15 is 0 Å². The largest absolute Gasteiger partial charge is 0.417 e. The summed E-state index contributed by atoms with van der Waals surface area (Å²) in [6.45, 7) is 7.48. The van der Waals surface area contributed by atoms with Gasteiger partial charge in [0.05, 0.1) is 12.1 Å². The van der Waals surface area contributed by atoms with Crippen LogP contribution in [0, 0.1) is 11.8 Å². The quantitative estimate of drug-likeness (QED) is 0.847. The number of anilines is 1. The van der Waals surface area contributed by atoms with Crippen LogP contribution in [0.2, 0.25) is 0 Å². The molecule has 1 aromatic rings. The van der Waals surface area contributed by atoms with Crippen molar-refractivity contribution in [1.82, 2.24) is 15.2 Å². The topological polar surface area (TPSA) is 48.5 Å². The standard InChI is InChI=1S/C20H29F3N4O/c1-14-4-3-5-17(15(14)2)25-19(28)13-26-8-10-27(11-9-26)18-7-6-16(12-24-18)20(21,22)23/h6-7,12,14-15,17H,3-5,8-11,13H2,1-2H3,(H,25,28)/t14-,15-,17+/m1/s1. The molecule has 1 saturated carbocycles. The van der Waals surface area contributed by atoms with Gasteiger partial charge in [-0.25, -0.2) is 4.98 Å². The minimum absolute atomic E-state index is 0.0621. The van der Waals surface area contributed by atoms with Gasteiger partial charge in [0, 0.05) is 38.4 Å². The Balaban J connectivity index is 1.45. The fraction of sp³-hybridized carbons (Fsp3) is 0.700. The van der Waals surface area contributed by atoms with Crippen LogP contribution in [0.15, 0.2) is 18.3 Å². The fourth-order valence-electron chi connectivity index (χ4n) is 4.12. The lowest BCUT2D eigenvalue weighted by molar-refractivity contribution is -0.137. The van der Waals surface area contributed by atoms with Crippen molar-refractivity contribution in [1.29, 1.82) is 0 Å². The summed E-state index contributed by atoms with van der Waals surface area (Å²) in [5.41, 5.74) is -0.738. The summed E-state index contributed by atoms with van der Waals surface area (Å²) in [5.74, 6) is 1.74. The van der Waals surface area contributed by atoms with E-state index in [9.17, 15) is 18.0 Å². The molecule has 28 heavy (non-hydrogen) atoms. The molecule has 3 atom stereocenters. The first kappa shape index (κ1) is 20.9. The van der Waals surface area contributed by atoms with E-state index in [0.29, 0.717) is 50.4 Å². The van der Waals surface area contributed by atoms with Crippen LogP contribution in [0.25, 0.3) is 0 Å². The van der Waals surface area contributed by atoms with Crippen molar-refractivity contribution < 1.29 is 18.0 Å². The van der Waals surface area contributed by atoms with Gasteiger partial charge in [-0.05, 0) is 30.4 Å². The zero-order chi connectivity index (χ0) is 20.3. The second-order valence-corrected chi connectivity index (χ2v) is 8.11. The average Bonchev–Trinajstić information content (AvgIpc) is 2.65. The molecule has 2 fully saturated rings.